The highest BCUT2D eigenvalue weighted by molar-refractivity contribution is 7.11. The number of aromatic nitrogens is 2. The van der Waals surface area contributed by atoms with Crippen molar-refractivity contribution in [1.82, 2.24) is 14.9 Å². The second kappa shape index (κ2) is 10.4. The van der Waals surface area contributed by atoms with E-state index in [-0.39, 0.29) is 5.41 Å². The van der Waals surface area contributed by atoms with Crippen molar-refractivity contribution >= 4 is 11.3 Å². The van der Waals surface area contributed by atoms with Crippen LogP contribution in [0.2, 0.25) is 0 Å². The van der Waals surface area contributed by atoms with Gasteiger partial charge in [0.05, 0.1) is 10.7 Å². The maximum absolute atomic E-state index is 6.38. The fraction of sp³-hybridized carbons (Fsp3) is 0.500. The highest BCUT2D eigenvalue weighted by Gasteiger charge is 2.23. The van der Waals surface area contributed by atoms with Crippen LogP contribution in [0.15, 0.2) is 42.6 Å². The minimum Gasteiger partial charge on any atom is -0.438 e. The van der Waals surface area contributed by atoms with Gasteiger partial charge in [-0.15, -0.1) is 11.3 Å². The zero-order chi connectivity index (χ0) is 23.4. The summed E-state index contributed by atoms with van der Waals surface area (Å²) in [5.41, 5.74) is 3.56. The van der Waals surface area contributed by atoms with Crippen molar-refractivity contribution in [2.24, 2.45) is 5.92 Å². The van der Waals surface area contributed by atoms with Gasteiger partial charge >= 0.3 is 0 Å². The second-order valence-electron chi connectivity index (χ2n) is 10.1. The Balaban J connectivity index is 1.51. The Hall–Kier alpha value is -2.24. The predicted molar refractivity (Wildman–Crippen MR) is 137 cm³/mol. The Labute approximate surface area is 203 Å². The average Bonchev–Trinajstić information content (AvgIpc) is 3.20. The summed E-state index contributed by atoms with van der Waals surface area (Å²) < 4.78 is 6.38. The quantitative estimate of drug-likeness (QED) is 0.360. The average molecular weight is 464 g/mol. The minimum atomic E-state index is 0.000331. The van der Waals surface area contributed by atoms with Gasteiger partial charge in [-0.05, 0) is 23.5 Å². The van der Waals surface area contributed by atoms with Crippen LogP contribution in [0.3, 0.4) is 0 Å². The molecule has 33 heavy (non-hydrogen) atoms. The molecule has 0 N–H and O–H groups in total. The number of ether oxygens (including phenoxy) is 1. The van der Waals surface area contributed by atoms with Gasteiger partial charge in [-0.2, -0.15) is 0 Å². The van der Waals surface area contributed by atoms with E-state index in [4.69, 9.17) is 9.72 Å². The Bertz CT molecular complexity index is 1060. The molecule has 0 atom stereocenters. The van der Waals surface area contributed by atoms with E-state index in [1.54, 1.807) is 6.20 Å². The number of para-hydroxylation sites is 1. The molecule has 0 bridgehead atoms. The van der Waals surface area contributed by atoms with E-state index >= 15 is 0 Å². The number of benzene rings is 1. The van der Waals surface area contributed by atoms with E-state index < -0.39 is 0 Å². The van der Waals surface area contributed by atoms with Gasteiger partial charge in [0, 0.05) is 54.7 Å². The summed E-state index contributed by atoms with van der Waals surface area (Å²) in [6.45, 7) is 14.6. The second-order valence-corrected chi connectivity index (χ2v) is 11.3. The molecule has 0 radical (unpaired) electrons. The molecule has 4 rings (SSSR count). The topological polar surface area (TPSA) is 38.2 Å². The summed E-state index contributed by atoms with van der Waals surface area (Å²) in [5, 5.41) is 1.16. The zero-order valence-corrected chi connectivity index (χ0v) is 21.5. The molecule has 3 aromatic rings. The predicted octanol–water partition coefficient (Wildman–Crippen LogP) is 7.01. The summed E-state index contributed by atoms with van der Waals surface area (Å²) in [6, 6.07) is 12.4. The van der Waals surface area contributed by atoms with Crippen molar-refractivity contribution in [1.29, 1.82) is 0 Å². The lowest BCUT2D eigenvalue weighted by molar-refractivity contribution is 0.209. The van der Waals surface area contributed by atoms with Crippen LogP contribution in [0.5, 0.6) is 11.6 Å². The van der Waals surface area contributed by atoms with E-state index in [0.29, 0.717) is 5.88 Å². The van der Waals surface area contributed by atoms with Crippen LogP contribution < -0.4 is 4.74 Å². The summed E-state index contributed by atoms with van der Waals surface area (Å²) in [7, 11) is 0. The van der Waals surface area contributed by atoms with Gasteiger partial charge in [0.25, 0.3) is 0 Å². The molecule has 1 aromatic carbocycles. The van der Waals surface area contributed by atoms with E-state index in [1.807, 2.05) is 29.5 Å². The molecule has 4 nitrogen and oxygen atoms in total. The molecule has 0 fully saturated rings. The maximum atomic E-state index is 6.38. The van der Waals surface area contributed by atoms with Gasteiger partial charge < -0.3 is 4.74 Å². The molecule has 0 amide bonds. The summed E-state index contributed by atoms with van der Waals surface area (Å²) in [6.07, 6.45) is 6.14. The molecule has 0 aliphatic carbocycles. The molecule has 176 valence electrons. The molecule has 2 aromatic heterocycles. The first-order valence-electron chi connectivity index (χ1n) is 12.3. The molecular formula is C28H37N3OS. The largest absolute Gasteiger partial charge is 0.438 e. The van der Waals surface area contributed by atoms with E-state index in [0.717, 1.165) is 48.2 Å². The van der Waals surface area contributed by atoms with Crippen LogP contribution in [-0.2, 0) is 24.8 Å². The van der Waals surface area contributed by atoms with Crippen LogP contribution in [0.4, 0.5) is 0 Å². The first kappa shape index (κ1) is 23.9. The standard InChI is InChI=1S/C28H37N3OS/c1-6-20(7-2)18-31-16-14-23-25(19-31)33-26(30-23)17-21-11-10-15-29-27(21)32-24-13-9-8-12-22(24)28(3,4)5/h8-13,15,20H,6-7,14,16-19H2,1-5H3. The van der Waals surface area contributed by atoms with Crippen molar-refractivity contribution in [2.45, 2.75) is 72.3 Å². The minimum absolute atomic E-state index is 0.000331. The van der Waals surface area contributed by atoms with Crippen LogP contribution in [0, 0.1) is 5.92 Å². The van der Waals surface area contributed by atoms with Crippen LogP contribution in [0.25, 0.3) is 0 Å². The Kier molecular flexibility index (Phi) is 7.50. The van der Waals surface area contributed by atoms with Crippen molar-refractivity contribution < 1.29 is 4.74 Å². The lowest BCUT2D eigenvalue weighted by atomic mass is 9.86. The fourth-order valence-corrected chi connectivity index (χ4v) is 5.72. The molecule has 0 unspecified atom stereocenters. The molecule has 0 saturated heterocycles. The van der Waals surface area contributed by atoms with E-state index in [2.05, 4.69) is 62.7 Å². The number of hydrogen-bond donors (Lipinski definition) is 0. The molecule has 3 heterocycles. The normalized spacial score (nSPS) is 14.5. The lowest BCUT2D eigenvalue weighted by Gasteiger charge is -2.29. The first-order chi connectivity index (χ1) is 15.9. The summed E-state index contributed by atoms with van der Waals surface area (Å²) >= 11 is 1.86. The first-order valence-corrected chi connectivity index (χ1v) is 13.1. The number of thiazole rings is 1. The third-order valence-corrected chi connectivity index (χ3v) is 7.70. The Morgan fingerprint density at radius 1 is 1.09 bits per heavy atom. The van der Waals surface area contributed by atoms with Gasteiger partial charge in [-0.25, -0.2) is 9.97 Å². The van der Waals surface area contributed by atoms with Gasteiger partial charge in [0.2, 0.25) is 5.88 Å². The smallest absolute Gasteiger partial charge is 0.222 e. The lowest BCUT2D eigenvalue weighted by Crippen LogP contribution is -2.33. The summed E-state index contributed by atoms with van der Waals surface area (Å²) in [5.74, 6) is 2.35. The van der Waals surface area contributed by atoms with Gasteiger partial charge in [0.1, 0.15) is 5.75 Å². The number of rotatable bonds is 8. The van der Waals surface area contributed by atoms with Gasteiger partial charge in [-0.3, -0.25) is 4.90 Å². The van der Waals surface area contributed by atoms with Crippen molar-refractivity contribution in [3.8, 4) is 11.6 Å². The third kappa shape index (κ3) is 5.82. The molecule has 5 heteroatoms. The SMILES string of the molecule is CCC(CC)CN1CCc2nc(Cc3cccnc3Oc3ccccc3C(C)(C)C)sc2C1. The zero-order valence-electron chi connectivity index (χ0n) is 20.7. The molecule has 0 saturated carbocycles. The van der Waals surface area contributed by atoms with Crippen molar-refractivity contribution in [3.63, 3.8) is 0 Å². The number of fused-ring (bicyclic) bond motifs is 1. The number of hydrogen-bond acceptors (Lipinski definition) is 5. The highest BCUT2D eigenvalue weighted by Crippen LogP contribution is 2.35. The Morgan fingerprint density at radius 2 is 1.88 bits per heavy atom. The fourth-order valence-electron chi connectivity index (χ4n) is 4.54. The highest BCUT2D eigenvalue weighted by atomic mass is 32.1. The summed E-state index contributed by atoms with van der Waals surface area (Å²) in [4.78, 5) is 13.7. The molecular weight excluding hydrogens is 426 g/mol. The van der Waals surface area contributed by atoms with E-state index in [9.17, 15) is 0 Å². The van der Waals surface area contributed by atoms with Gasteiger partial charge in [0.15, 0.2) is 0 Å². The van der Waals surface area contributed by atoms with E-state index in [1.165, 1.54) is 35.5 Å². The molecule has 1 aliphatic heterocycles. The monoisotopic (exact) mass is 463 g/mol. The van der Waals surface area contributed by atoms with Crippen LogP contribution in [0.1, 0.15) is 74.2 Å². The molecule has 0 spiro atoms. The van der Waals surface area contributed by atoms with Crippen LogP contribution >= 0.6 is 11.3 Å². The molecule has 1 aliphatic rings. The maximum Gasteiger partial charge on any atom is 0.222 e. The van der Waals surface area contributed by atoms with Crippen LogP contribution in [-0.4, -0.2) is 28.0 Å². The van der Waals surface area contributed by atoms with Crippen molar-refractivity contribution in [3.05, 3.63) is 69.3 Å². The third-order valence-electron chi connectivity index (χ3n) is 6.62. The number of nitrogens with zero attached hydrogens (tertiary/aromatic N) is 3. The number of pyridine rings is 1. The van der Waals surface area contributed by atoms with Crippen molar-refractivity contribution in [2.75, 3.05) is 13.1 Å². The Morgan fingerprint density at radius 3 is 2.64 bits per heavy atom. The van der Waals surface area contributed by atoms with Gasteiger partial charge in [-0.1, -0.05) is 71.7 Å².